The van der Waals surface area contributed by atoms with Gasteiger partial charge in [-0.15, -0.1) is 11.3 Å². The number of hydrogen-bond acceptors (Lipinski definition) is 1. The van der Waals surface area contributed by atoms with Crippen LogP contribution in [-0.4, -0.2) is 0 Å². The van der Waals surface area contributed by atoms with Crippen molar-refractivity contribution in [1.29, 1.82) is 0 Å². The highest BCUT2D eigenvalue weighted by molar-refractivity contribution is 9.09. The highest BCUT2D eigenvalue weighted by Crippen LogP contribution is 2.39. The summed E-state index contributed by atoms with van der Waals surface area (Å²) in [6.45, 7) is 6.30. The molecule has 0 aliphatic rings. The lowest BCUT2D eigenvalue weighted by Crippen LogP contribution is -2.07. The Morgan fingerprint density at radius 3 is 2.05 bits per heavy atom. The van der Waals surface area contributed by atoms with Crippen LogP contribution >= 0.6 is 27.3 Å². The summed E-state index contributed by atoms with van der Waals surface area (Å²) in [5.41, 5.74) is 0.387. The molecule has 0 bridgehead atoms. The summed E-state index contributed by atoms with van der Waals surface area (Å²) in [6, 6.07) is 5.97. The first-order valence-electron chi connectivity index (χ1n) is 6.09. The topological polar surface area (TPSA) is 0 Å². The molecule has 0 saturated heterocycles. The molecule has 2 rings (SSSR count). The van der Waals surface area contributed by atoms with Crippen molar-refractivity contribution in [2.75, 3.05) is 0 Å². The zero-order valence-corrected chi connectivity index (χ0v) is 13.7. The molecule has 0 aliphatic heterocycles. The summed E-state index contributed by atoms with van der Waals surface area (Å²) in [7, 11) is 0. The van der Waals surface area contributed by atoms with Crippen LogP contribution in [0.15, 0.2) is 24.3 Å². The predicted molar refractivity (Wildman–Crippen MR) is 80.1 cm³/mol. The molecule has 1 heterocycles. The molecule has 5 heteroatoms. The van der Waals surface area contributed by atoms with Gasteiger partial charge in [-0.05, 0) is 35.2 Å². The third-order valence-corrected chi connectivity index (χ3v) is 5.82. The first-order chi connectivity index (χ1) is 9.20. The maximum absolute atomic E-state index is 13.3. The molecular formula is C15H14BrF3S. The Labute approximate surface area is 128 Å². The van der Waals surface area contributed by atoms with Gasteiger partial charge in [-0.3, -0.25) is 0 Å². The largest absolute Gasteiger partial charge is 0.204 e. The van der Waals surface area contributed by atoms with Gasteiger partial charge in [-0.2, -0.15) is 0 Å². The van der Waals surface area contributed by atoms with E-state index in [1.807, 2.05) is 12.1 Å². The molecule has 0 saturated carbocycles. The molecule has 1 atom stereocenters. The van der Waals surface area contributed by atoms with E-state index in [4.69, 9.17) is 0 Å². The first kappa shape index (κ1) is 15.6. The molecule has 0 nitrogen and oxygen atoms in total. The average molecular weight is 363 g/mol. The minimum atomic E-state index is -1.44. The van der Waals surface area contributed by atoms with Gasteiger partial charge in [-0.1, -0.05) is 36.7 Å². The van der Waals surface area contributed by atoms with Crippen LogP contribution in [0.25, 0.3) is 0 Å². The molecule has 20 heavy (non-hydrogen) atoms. The summed E-state index contributed by atoms with van der Waals surface area (Å²) in [6.07, 6.45) is 0. The number of alkyl halides is 1. The van der Waals surface area contributed by atoms with Gasteiger partial charge in [0.05, 0.1) is 4.83 Å². The van der Waals surface area contributed by atoms with Gasteiger partial charge < -0.3 is 0 Å². The van der Waals surface area contributed by atoms with Crippen LogP contribution in [0.1, 0.15) is 40.9 Å². The standard InChI is InChI=1S/C15H14BrF3S/c1-15(2,3)12-5-4-11(20-12)13(16)8-6-9(17)14(19)10(18)7-8/h4-7,13H,1-3H3. The Hall–Kier alpha value is -0.810. The Morgan fingerprint density at radius 2 is 1.60 bits per heavy atom. The maximum atomic E-state index is 13.3. The minimum Gasteiger partial charge on any atom is -0.204 e. The second-order valence-corrected chi connectivity index (χ2v) is 7.64. The van der Waals surface area contributed by atoms with E-state index in [0.29, 0.717) is 5.56 Å². The Balaban J connectivity index is 2.36. The molecule has 0 spiro atoms. The molecule has 0 aliphatic carbocycles. The van der Waals surface area contributed by atoms with Crippen LogP contribution in [-0.2, 0) is 5.41 Å². The molecule has 1 unspecified atom stereocenters. The summed E-state index contributed by atoms with van der Waals surface area (Å²) in [4.78, 5) is 1.76. The third kappa shape index (κ3) is 3.09. The van der Waals surface area contributed by atoms with Crippen LogP contribution in [0, 0.1) is 17.5 Å². The Kier molecular flexibility index (Phi) is 4.30. The predicted octanol–water partition coefficient (Wildman–Crippen LogP) is 5.95. The third-order valence-electron chi connectivity index (χ3n) is 2.91. The van der Waals surface area contributed by atoms with Gasteiger partial charge in [0.15, 0.2) is 17.5 Å². The molecule has 2 aromatic rings. The van der Waals surface area contributed by atoms with E-state index in [0.717, 1.165) is 17.0 Å². The highest BCUT2D eigenvalue weighted by Gasteiger charge is 2.21. The van der Waals surface area contributed by atoms with Crippen molar-refractivity contribution in [1.82, 2.24) is 0 Å². The summed E-state index contributed by atoms with van der Waals surface area (Å²) < 4.78 is 39.5. The van der Waals surface area contributed by atoms with Crippen molar-refractivity contribution in [3.63, 3.8) is 0 Å². The van der Waals surface area contributed by atoms with Crippen LogP contribution in [0.3, 0.4) is 0 Å². The number of thiophene rings is 1. The lowest BCUT2D eigenvalue weighted by molar-refractivity contribution is 0.445. The molecule has 0 radical (unpaired) electrons. The van der Waals surface area contributed by atoms with E-state index in [9.17, 15) is 13.2 Å². The van der Waals surface area contributed by atoms with E-state index in [2.05, 4.69) is 36.7 Å². The van der Waals surface area contributed by atoms with E-state index >= 15 is 0 Å². The second-order valence-electron chi connectivity index (χ2n) is 5.61. The molecule has 1 aromatic carbocycles. The molecule has 0 amide bonds. The fourth-order valence-corrected chi connectivity index (χ4v) is 3.55. The van der Waals surface area contributed by atoms with Crippen molar-refractivity contribution < 1.29 is 13.2 Å². The fourth-order valence-electron chi connectivity index (χ4n) is 1.78. The van der Waals surface area contributed by atoms with Crippen LogP contribution in [0.4, 0.5) is 13.2 Å². The fraction of sp³-hybridized carbons (Fsp3) is 0.333. The molecular weight excluding hydrogens is 349 g/mol. The number of rotatable bonds is 2. The second kappa shape index (κ2) is 5.53. The van der Waals surface area contributed by atoms with Gasteiger partial charge >= 0.3 is 0 Å². The molecule has 0 fully saturated rings. The van der Waals surface area contributed by atoms with Crippen molar-refractivity contribution in [3.05, 3.63) is 57.0 Å². The average Bonchev–Trinajstić information content (AvgIpc) is 2.83. The lowest BCUT2D eigenvalue weighted by Gasteiger charge is -2.15. The first-order valence-corrected chi connectivity index (χ1v) is 7.82. The number of hydrogen-bond donors (Lipinski definition) is 0. The minimum absolute atomic E-state index is 0.0228. The van der Waals surface area contributed by atoms with Gasteiger partial charge in [0.1, 0.15) is 0 Å². The van der Waals surface area contributed by atoms with Crippen molar-refractivity contribution in [3.8, 4) is 0 Å². The number of benzene rings is 1. The molecule has 1 aromatic heterocycles. The highest BCUT2D eigenvalue weighted by atomic mass is 79.9. The van der Waals surface area contributed by atoms with Crippen LogP contribution < -0.4 is 0 Å². The van der Waals surface area contributed by atoms with E-state index in [1.54, 1.807) is 11.3 Å². The zero-order chi connectivity index (χ0) is 15.1. The van der Waals surface area contributed by atoms with Crippen molar-refractivity contribution in [2.45, 2.75) is 31.0 Å². The van der Waals surface area contributed by atoms with Crippen molar-refractivity contribution >= 4 is 27.3 Å². The van der Waals surface area contributed by atoms with Crippen LogP contribution in [0.5, 0.6) is 0 Å². The summed E-state index contributed by atoms with van der Waals surface area (Å²) >= 11 is 4.99. The van der Waals surface area contributed by atoms with Gasteiger partial charge in [0.25, 0.3) is 0 Å². The lowest BCUT2D eigenvalue weighted by atomic mass is 9.95. The smallest absolute Gasteiger partial charge is 0.194 e. The maximum Gasteiger partial charge on any atom is 0.194 e. The Morgan fingerprint density at radius 1 is 1.05 bits per heavy atom. The quantitative estimate of drug-likeness (QED) is 0.457. The Bertz CT molecular complexity index is 605. The molecule has 108 valence electrons. The van der Waals surface area contributed by atoms with E-state index in [-0.39, 0.29) is 10.2 Å². The zero-order valence-electron chi connectivity index (χ0n) is 11.3. The SMILES string of the molecule is CC(C)(C)c1ccc(C(Br)c2cc(F)c(F)c(F)c2)s1. The number of halogens is 4. The summed E-state index contributed by atoms with van der Waals surface area (Å²) in [5.74, 6) is -3.77. The monoisotopic (exact) mass is 362 g/mol. The van der Waals surface area contributed by atoms with E-state index < -0.39 is 17.5 Å². The van der Waals surface area contributed by atoms with Gasteiger partial charge in [0, 0.05) is 9.75 Å². The van der Waals surface area contributed by atoms with Gasteiger partial charge in [0.2, 0.25) is 0 Å². The molecule has 0 N–H and O–H groups in total. The normalized spacial score (nSPS) is 13.6. The van der Waals surface area contributed by atoms with E-state index in [1.165, 1.54) is 4.88 Å². The van der Waals surface area contributed by atoms with Gasteiger partial charge in [-0.25, -0.2) is 13.2 Å². The summed E-state index contributed by atoms with van der Waals surface area (Å²) in [5, 5.41) is 0. The van der Waals surface area contributed by atoms with Crippen LogP contribution in [0.2, 0.25) is 0 Å². The van der Waals surface area contributed by atoms with Crippen molar-refractivity contribution in [2.24, 2.45) is 0 Å².